The molecule has 10 heteroatoms. The molecule has 9 nitrogen and oxygen atoms in total. The SMILES string of the molecule is CCCCCCCCCC/C=C\CCCCCCCCCCCCCCCC(=O)OC(COC(=O)CCCCCCCCCCCCCCCCCCCCCCCCC)COP(=O)(O)OCCN. The molecule has 0 aliphatic rings. The topological polar surface area (TPSA) is 134 Å². The van der Waals surface area contributed by atoms with E-state index in [0.29, 0.717) is 6.42 Å². The van der Waals surface area contributed by atoms with Gasteiger partial charge >= 0.3 is 19.8 Å². The van der Waals surface area contributed by atoms with Crippen LogP contribution in [0.3, 0.4) is 0 Å². The Balaban J connectivity index is 3.90. The van der Waals surface area contributed by atoms with Gasteiger partial charge in [0.2, 0.25) is 0 Å². The van der Waals surface area contributed by atoms with Gasteiger partial charge in [-0.15, -0.1) is 0 Å². The van der Waals surface area contributed by atoms with Crippen molar-refractivity contribution in [2.45, 2.75) is 328 Å². The third-order valence-corrected chi connectivity index (χ3v) is 14.6. The van der Waals surface area contributed by atoms with Crippen molar-refractivity contribution in [3.05, 3.63) is 12.2 Å². The summed E-state index contributed by atoms with van der Waals surface area (Å²) in [6.07, 6.45) is 64.2. The van der Waals surface area contributed by atoms with Crippen LogP contribution in [0.5, 0.6) is 0 Å². The zero-order valence-electron chi connectivity index (χ0n) is 45.8. The van der Waals surface area contributed by atoms with Crippen LogP contribution in [-0.2, 0) is 32.7 Å². The molecule has 69 heavy (non-hydrogen) atoms. The van der Waals surface area contributed by atoms with Crippen molar-refractivity contribution in [1.29, 1.82) is 0 Å². The molecule has 2 atom stereocenters. The second-order valence-electron chi connectivity index (χ2n) is 20.6. The maximum Gasteiger partial charge on any atom is 0.472 e. The highest BCUT2D eigenvalue weighted by Gasteiger charge is 2.26. The molecule has 410 valence electrons. The Morgan fingerprint density at radius 2 is 0.710 bits per heavy atom. The molecule has 0 aromatic rings. The van der Waals surface area contributed by atoms with Gasteiger partial charge in [-0.3, -0.25) is 18.6 Å². The van der Waals surface area contributed by atoms with Crippen LogP contribution in [0.1, 0.15) is 322 Å². The summed E-state index contributed by atoms with van der Waals surface area (Å²) >= 11 is 0. The van der Waals surface area contributed by atoms with Crippen LogP contribution in [0, 0.1) is 0 Å². The van der Waals surface area contributed by atoms with E-state index in [9.17, 15) is 19.0 Å². The van der Waals surface area contributed by atoms with E-state index < -0.39 is 26.5 Å². The Kier molecular flexibility index (Phi) is 55.0. The molecule has 0 radical (unpaired) electrons. The lowest BCUT2D eigenvalue weighted by Crippen LogP contribution is -2.29. The summed E-state index contributed by atoms with van der Waals surface area (Å²) in [7, 11) is -4.38. The second-order valence-corrected chi connectivity index (χ2v) is 22.0. The number of ether oxygens (including phenoxy) is 2. The van der Waals surface area contributed by atoms with E-state index in [1.807, 2.05) is 0 Å². The zero-order chi connectivity index (χ0) is 50.2. The molecule has 2 unspecified atom stereocenters. The first-order valence-electron chi connectivity index (χ1n) is 30.2. The number of unbranched alkanes of at least 4 members (excludes halogenated alkanes) is 43. The minimum Gasteiger partial charge on any atom is -0.462 e. The predicted molar refractivity (Wildman–Crippen MR) is 294 cm³/mol. The van der Waals surface area contributed by atoms with E-state index >= 15 is 0 Å². The van der Waals surface area contributed by atoms with Crippen LogP contribution >= 0.6 is 7.82 Å². The third-order valence-electron chi connectivity index (χ3n) is 13.7. The summed E-state index contributed by atoms with van der Waals surface area (Å²) in [6, 6.07) is 0. The fourth-order valence-electron chi connectivity index (χ4n) is 9.16. The lowest BCUT2D eigenvalue weighted by molar-refractivity contribution is -0.161. The van der Waals surface area contributed by atoms with Crippen LogP contribution in [-0.4, -0.2) is 49.3 Å². The fourth-order valence-corrected chi connectivity index (χ4v) is 9.93. The third kappa shape index (κ3) is 55.9. The van der Waals surface area contributed by atoms with Crippen LogP contribution in [0.2, 0.25) is 0 Å². The van der Waals surface area contributed by atoms with Crippen molar-refractivity contribution in [2.75, 3.05) is 26.4 Å². The zero-order valence-corrected chi connectivity index (χ0v) is 46.7. The summed E-state index contributed by atoms with van der Waals surface area (Å²) in [6.45, 7) is 3.82. The quantitative estimate of drug-likeness (QED) is 0.0264. The molecule has 3 N–H and O–H groups in total. The number of carbonyl (C=O) groups is 2. The number of hydrogen-bond acceptors (Lipinski definition) is 8. The molecule has 0 aromatic carbocycles. The second kappa shape index (κ2) is 56.1. The monoisotopic (exact) mass is 998 g/mol. The van der Waals surface area contributed by atoms with Crippen molar-refractivity contribution >= 4 is 19.8 Å². The Bertz CT molecular complexity index is 1140. The normalized spacial score (nSPS) is 13.0. The number of allylic oxidation sites excluding steroid dienone is 2. The predicted octanol–water partition coefficient (Wildman–Crippen LogP) is 18.9. The number of nitrogens with two attached hydrogens (primary N) is 1. The first kappa shape index (κ1) is 67.8. The van der Waals surface area contributed by atoms with Crippen molar-refractivity contribution in [3.8, 4) is 0 Å². The number of rotatable bonds is 58. The highest BCUT2D eigenvalue weighted by atomic mass is 31.2. The average molecular weight is 999 g/mol. The lowest BCUT2D eigenvalue weighted by Gasteiger charge is -2.19. The van der Waals surface area contributed by atoms with E-state index in [1.54, 1.807) is 0 Å². The molecule has 0 amide bonds. The lowest BCUT2D eigenvalue weighted by atomic mass is 10.0. The molecular formula is C59H116NO8P. The molecule has 0 saturated carbocycles. The maximum atomic E-state index is 12.7. The van der Waals surface area contributed by atoms with Crippen molar-refractivity contribution < 1.29 is 37.6 Å². The van der Waals surface area contributed by atoms with E-state index in [1.165, 1.54) is 257 Å². The van der Waals surface area contributed by atoms with E-state index in [2.05, 4.69) is 26.0 Å². The highest BCUT2D eigenvalue weighted by molar-refractivity contribution is 7.47. The average Bonchev–Trinajstić information content (AvgIpc) is 3.34. The smallest absolute Gasteiger partial charge is 0.462 e. The van der Waals surface area contributed by atoms with Crippen molar-refractivity contribution in [1.82, 2.24) is 0 Å². The van der Waals surface area contributed by atoms with Crippen LogP contribution in [0.15, 0.2) is 12.2 Å². The van der Waals surface area contributed by atoms with Gasteiger partial charge in [0.25, 0.3) is 0 Å². The molecule has 0 rings (SSSR count). The summed E-state index contributed by atoms with van der Waals surface area (Å²) in [4.78, 5) is 35.2. The fraction of sp³-hybridized carbons (Fsp3) is 0.932. The Morgan fingerprint density at radius 3 is 1.03 bits per heavy atom. The van der Waals surface area contributed by atoms with Gasteiger partial charge in [0.05, 0.1) is 13.2 Å². The van der Waals surface area contributed by atoms with Crippen LogP contribution < -0.4 is 5.73 Å². The summed E-state index contributed by atoms with van der Waals surface area (Å²) < 4.78 is 33.1. The highest BCUT2D eigenvalue weighted by Crippen LogP contribution is 2.43. The van der Waals surface area contributed by atoms with Gasteiger partial charge in [0.15, 0.2) is 6.10 Å². The van der Waals surface area contributed by atoms with Gasteiger partial charge < -0.3 is 20.1 Å². The Hall–Kier alpha value is -1.25. The summed E-state index contributed by atoms with van der Waals surface area (Å²) in [5, 5.41) is 0. The van der Waals surface area contributed by atoms with Gasteiger partial charge in [-0.1, -0.05) is 283 Å². The Morgan fingerprint density at radius 1 is 0.420 bits per heavy atom. The largest absolute Gasteiger partial charge is 0.472 e. The molecular weight excluding hydrogens is 882 g/mol. The molecule has 0 aliphatic carbocycles. The standard InChI is InChI=1S/C59H116NO8P/c1-3-5-7-9-11-13-15-17-19-21-23-25-27-28-30-32-34-36-38-40-42-44-46-48-50-52-59(62)68-57(56-67-69(63,64)66-54-53-60)55-65-58(61)51-49-47-45-43-41-39-37-35-33-31-29-26-24-22-20-18-16-14-12-10-8-6-4-2/h21,23,57H,3-20,22,24-56,60H2,1-2H3,(H,63,64)/b23-21-. The number of esters is 2. The van der Waals surface area contributed by atoms with Gasteiger partial charge in [0, 0.05) is 19.4 Å². The van der Waals surface area contributed by atoms with Crippen LogP contribution in [0.4, 0.5) is 0 Å². The van der Waals surface area contributed by atoms with E-state index in [-0.39, 0.29) is 38.6 Å². The molecule has 0 heterocycles. The van der Waals surface area contributed by atoms with Crippen molar-refractivity contribution in [2.24, 2.45) is 5.73 Å². The van der Waals surface area contributed by atoms with E-state index in [0.717, 1.165) is 32.1 Å². The number of hydrogen-bond donors (Lipinski definition) is 2. The first-order valence-corrected chi connectivity index (χ1v) is 31.7. The first-order chi connectivity index (χ1) is 33.8. The minimum absolute atomic E-state index is 0.0571. The van der Waals surface area contributed by atoms with Crippen LogP contribution in [0.25, 0.3) is 0 Å². The minimum atomic E-state index is -4.38. The van der Waals surface area contributed by atoms with Crippen molar-refractivity contribution in [3.63, 3.8) is 0 Å². The maximum absolute atomic E-state index is 12.7. The Labute approximate surface area is 428 Å². The molecule has 0 saturated heterocycles. The molecule has 0 aromatic heterocycles. The summed E-state index contributed by atoms with van der Waals surface area (Å²) in [5.74, 6) is -0.806. The molecule has 0 aliphatic heterocycles. The van der Waals surface area contributed by atoms with Gasteiger partial charge in [0.1, 0.15) is 6.61 Å². The number of phosphoric ester groups is 1. The molecule has 0 bridgehead atoms. The number of carbonyl (C=O) groups excluding carboxylic acids is 2. The van der Waals surface area contributed by atoms with Gasteiger partial charge in [-0.2, -0.15) is 0 Å². The van der Waals surface area contributed by atoms with Gasteiger partial charge in [-0.05, 0) is 38.5 Å². The summed E-state index contributed by atoms with van der Waals surface area (Å²) in [5.41, 5.74) is 5.39. The number of phosphoric acid groups is 1. The van der Waals surface area contributed by atoms with Gasteiger partial charge in [-0.25, -0.2) is 4.57 Å². The molecule has 0 fully saturated rings. The van der Waals surface area contributed by atoms with E-state index in [4.69, 9.17) is 24.3 Å². The molecule has 0 spiro atoms.